The van der Waals surface area contributed by atoms with E-state index in [0.29, 0.717) is 22.5 Å². The van der Waals surface area contributed by atoms with Gasteiger partial charge < -0.3 is 5.11 Å². The van der Waals surface area contributed by atoms with Crippen LogP contribution < -0.4 is 0 Å². The third-order valence-corrected chi connectivity index (χ3v) is 6.42. The Bertz CT molecular complexity index is 488. The van der Waals surface area contributed by atoms with Crippen LogP contribution in [0.15, 0.2) is 18.2 Å². The number of benzene rings is 1. The second-order valence-corrected chi connectivity index (χ2v) is 7.21. The van der Waals surface area contributed by atoms with Gasteiger partial charge in [0.05, 0.1) is 0 Å². The van der Waals surface area contributed by atoms with Crippen LogP contribution in [0.25, 0.3) is 0 Å². The van der Waals surface area contributed by atoms with Crippen molar-refractivity contribution >= 4 is 0 Å². The predicted molar refractivity (Wildman–Crippen MR) is 74.8 cm³/mol. The van der Waals surface area contributed by atoms with E-state index in [2.05, 4.69) is 32.9 Å². The molecule has 2 aliphatic rings. The van der Waals surface area contributed by atoms with E-state index >= 15 is 0 Å². The molecule has 2 fully saturated rings. The van der Waals surface area contributed by atoms with E-state index in [0.717, 1.165) is 11.5 Å². The van der Waals surface area contributed by atoms with Gasteiger partial charge in [-0.1, -0.05) is 32.9 Å². The van der Waals surface area contributed by atoms with Crippen LogP contribution in [0.3, 0.4) is 0 Å². The molecule has 1 heteroatoms. The normalized spacial score (nSPS) is 37.1. The molecule has 2 bridgehead atoms. The van der Waals surface area contributed by atoms with Crippen molar-refractivity contribution in [3.8, 4) is 5.75 Å². The third-order valence-electron chi connectivity index (χ3n) is 6.42. The zero-order valence-electron chi connectivity index (χ0n) is 12.0. The summed E-state index contributed by atoms with van der Waals surface area (Å²) in [5.74, 6) is 1.97. The minimum absolute atomic E-state index is 0.423. The van der Waals surface area contributed by atoms with Crippen LogP contribution in [0.1, 0.15) is 57.1 Å². The molecule has 1 nitrogen and oxygen atoms in total. The highest BCUT2D eigenvalue weighted by molar-refractivity contribution is 5.38. The zero-order valence-corrected chi connectivity index (χ0v) is 12.0. The summed E-state index contributed by atoms with van der Waals surface area (Å²) >= 11 is 0. The van der Waals surface area contributed by atoms with E-state index in [4.69, 9.17) is 0 Å². The second-order valence-electron chi connectivity index (χ2n) is 7.21. The van der Waals surface area contributed by atoms with E-state index in [-0.39, 0.29) is 0 Å². The Morgan fingerprint density at radius 3 is 2.44 bits per heavy atom. The van der Waals surface area contributed by atoms with Crippen LogP contribution in [-0.4, -0.2) is 5.11 Å². The molecular formula is C17H24O. The molecule has 2 saturated carbocycles. The fraction of sp³-hybridized carbons (Fsp3) is 0.647. The van der Waals surface area contributed by atoms with Gasteiger partial charge in [-0.2, -0.15) is 0 Å². The van der Waals surface area contributed by atoms with Crippen LogP contribution in [0.5, 0.6) is 5.75 Å². The van der Waals surface area contributed by atoms with Gasteiger partial charge in [0, 0.05) is 0 Å². The van der Waals surface area contributed by atoms with Crippen LogP contribution in [-0.2, 0) is 0 Å². The molecule has 18 heavy (non-hydrogen) atoms. The number of hydrogen-bond donors (Lipinski definition) is 1. The molecule has 0 radical (unpaired) electrons. The summed E-state index contributed by atoms with van der Waals surface area (Å²) in [5, 5.41) is 9.69. The summed E-state index contributed by atoms with van der Waals surface area (Å²) in [5.41, 5.74) is 3.34. The number of aryl methyl sites for hydroxylation is 1. The first-order valence-corrected chi connectivity index (χ1v) is 7.16. The van der Waals surface area contributed by atoms with Crippen molar-refractivity contribution in [2.75, 3.05) is 0 Å². The first-order valence-electron chi connectivity index (χ1n) is 7.16. The molecule has 98 valence electrons. The largest absolute Gasteiger partial charge is 0.508 e. The van der Waals surface area contributed by atoms with E-state index in [1.165, 1.54) is 24.8 Å². The maximum absolute atomic E-state index is 9.69. The molecule has 0 aliphatic heterocycles. The lowest BCUT2D eigenvalue weighted by molar-refractivity contribution is 0.134. The molecule has 2 aliphatic carbocycles. The van der Waals surface area contributed by atoms with Gasteiger partial charge in [-0.3, -0.25) is 0 Å². The van der Waals surface area contributed by atoms with E-state index in [1.54, 1.807) is 0 Å². The zero-order chi connectivity index (χ0) is 13.1. The van der Waals surface area contributed by atoms with Crippen molar-refractivity contribution in [1.82, 2.24) is 0 Å². The fourth-order valence-electron chi connectivity index (χ4n) is 4.60. The average Bonchev–Trinajstić information content (AvgIpc) is 2.65. The lowest BCUT2D eigenvalue weighted by Crippen LogP contribution is -2.31. The summed E-state index contributed by atoms with van der Waals surface area (Å²) in [7, 11) is 0. The summed E-state index contributed by atoms with van der Waals surface area (Å²) in [6.45, 7) is 9.39. The van der Waals surface area contributed by atoms with Crippen LogP contribution in [0.2, 0.25) is 0 Å². The molecule has 0 heterocycles. The van der Waals surface area contributed by atoms with Crippen molar-refractivity contribution in [2.45, 2.75) is 52.9 Å². The molecule has 3 atom stereocenters. The fourth-order valence-corrected chi connectivity index (χ4v) is 4.60. The monoisotopic (exact) mass is 244 g/mol. The molecule has 0 unspecified atom stereocenters. The molecule has 3 rings (SSSR count). The third kappa shape index (κ3) is 1.34. The van der Waals surface area contributed by atoms with Crippen molar-refractivity contribution in [2.24, 2.45) is 16.7 Å². The molecule has 0 amide bonds. The van der Waals surface area contributed by atoms with Gasteiger partial charge in [0.1, 0.15) is 5.75 Å². The lowest BCUT2D eigenvalue weighted by Gasteiger charge is -2.39. The highest BCUT2D eigenvalue weighted by atomic mass is 16.3. The molecule has 0 spiro atoms. The van der Waals surface area contributed by atoms with E-state index in [1.807, 2.05) is 13.0 Å². The summed E-state index contributed by atoms with van der Waals surface area (Å²) in [4.78, 5) is 0. The molecule has 0 saturated heterocycles. The maximum atomic E-state index is 9.69. The predicted octanol–water partition coefficient (Wildman–Crippen LogP) is 4.63. The van der Waals surface area contributed by atoms with Crippen molar-refractivity contribution in [1.29, 1.82) is 0 Å². The summed E-state index contributed by atoms with van der Waals surface area (Å²) < 4.78 is 0. The lowest BCUT2D eigenvalue weighted by atomic mass is 9.65. The van der Waals surface area contributed by atoms with Gasteiger partial charge in [0.15, 0.2) is 0 Å². The Labute approximate surface area is 110 Å². The van der Waals surface area contributed by atoms with Gasteiger partial charge in [0.25, 0.3) is 0 Å². The standard InChI is InChI=1S/C17H24O/c1-11-9-12(5-6-15(11)18)14-10-13-7-8-17(14,4)16(13,2)3/h5-6,9,13-14,18H,7-8,10H2,1-4H3/t13-,14+,17-/m1/s1. The summed E-state index contributed by atoms with van der Waals surface area (Å²) in [6, 6.07) is 6.20. The van der Waals surface area contributed by atoms with Gasteiger partial charge in [-0.05, 0) is 66.0 Å². The first kappa shape index (κ1) is 12.1. The highest BCUT2D eigenvalue weighted by Gasteiger charge is 2.61. The van der Waals surface area contributed by atoms with Crippen molar-refractivity contribution < 1.29 is 5.11 Å². The number of aromatic hydroxyl groups is 1. The highest BCUT2D eigenvalue weighted by Crippen LogP contribution is 2.70. The second kappa shape index (κ2) is 3.53. The quantitative estimate of drug-likeness (QED) is 0.763. The van der Waals surface area contributed by atoms with Crippen molar-refractivity contribution in [3.63, 3.8) is 0 Å². The van der Waals surface area contributed by atoms with E-state index in [9.17, 15) is 5.11 Å². The molecule has 0 aromatic heterocycles. The Morgan fingerprint density at radius 1 is 1.22 bits per heavy atom. The molecule has 1 aromatic carbocycles. The number of fused-ring (bicyclic) bond motifs is 2. The number of phenolic OH excluding ortho intramolecular Hbond substituents is 1. The van der Waals surface area contributed by atoms with Gasteiger partial charge in [-0.15, -0.1) is 0 Å². The maximum Gasteiger partial charge on any atom is 0.118 e. The first-order chi connectivity index (χ1) is 8.36. The van der Waals surface area contributed by atoms with Gasteiger partial charge in [-0.25, -0.2) is 0 Å². The van der Waals surface area contributed by atoms with E-state index < -0.39 is 0 Å². The van der Waals surface area contributed by atoms with Gasteiger partial charge in [0.2, 0.25) is 0 Å². The van der Waals surface area contributed by atoms with Gasteiger partial charge >= 0.3 is 0 Å². The number of phenols is 1. The molecule has 1 aromatic rings. The minimum atomic E-state index is 0.423. The van der Waals surface area contributed by atoms with Crippen molar-refractivity contribution in [3.05, 3.63) is 29.3 Å². The summed E-state index contributed by atoms with van der Waals surface area (Å²) in [6.07, 6.45) is 4.08. The van der Waals surface area contributed by atoms with Crippen LogP contribution >= 0.6 is 0 Å². The average molecular weight is 244 g/mol. The minimum Gasteiger partial charge on any atom is -0.508 e. The Balaban J connectivity index is 2.02. The SMILES string of the molecule is Cc1cc([C@@H]2C[C@H]3CC[C@@]2(C)C3(C)C)ccc1O. The Kier molecular flexibility index (Phi) is 2.36. The Morgan fingerprint density at radius 2 is 1.94 bits per heavy atom. The Hall–Kier alpha value is -0.980. The van der Waals surface area contributed by atoms with Crippen LogP contribution in [0.4, 0.5) is 0 Å². The van der Waals surface area contributed by atoms with Crippen LogP contribution in [0, 0.1) is 23.7 Å². The molecule has 1 N–H and O–H groups in total. The smallest absolute Gasteiger partial charge is 0.118 e. The topological polar surface area (TPSA) is 20.2 Å². The number of hydrogen-bond acceptors (Lipinski definition) is 1. The number of rotatable bonds is 1. The molecular weight excluding hydrogens is 220 g/mol.